The molecule has 2 atom stereocenters. The molecule has 0 aliphatic rings. The lowest BCUT2D eigenvalue weighted by Gasteiger charge is -2.27. The Morgan fingerprint density at radius 1 is 0.919 bits per heavy atom. The van der Waals surface area contributed by atoms with Crippen LogP contribution in [0.2, 0.25) is 0 Å². The maximum atomic E-state index is 13.3. The van der Waals surface area contributed by atoms with Crippen molar-refractivity contribution in [3.63, 3.8) is 0 Å². The summed E-state index contributed by atoms with van der Waals surface area (Å²) in [4.78, 5) is 11.7. The molecule has 0 fully saturated rings. The number of hydrogen-bond donors (Lipinski definition) is 1. The number of nitrogens with one attached hydrogen (secondary N) is 1. The van der Waals surface area contributed by atoms with Gasteiger partial charge in [-0.05, 0) is 71.8 Å². The minimum absolute atomic E-state index is 0.359. The highest BCUT2D eigenvalue weighted by atomic mass is 19.4. The third kappa shape index (κ3) is 5.11. The third-order valence-electron chi connectivity index (χ3n) is 6.05. The first-order valence-electron chi connectivity index (χ1n) is 11.5. The van der Waals surface area contributed by atoms with Crippen molar-refractivity contribution in [1.82, 2.24) is 15.1 Å². The first-order chi connectivity index (χ1) is 17.7. The predicted octanol–water partition coefficient (Wildman–Crippen LogP) is 6.50. The number of aromatic nitrogens is 2. The van der Waals surface area contributed by atoms with Crippen molar-refractivity contribution in [2.45, 2.75) is 25.2 Å². The van der Waals surface area contributed by atoms with Gasteiger partial charge in [-0.3, -0.25) is 4.79 Å². The Balaban J connectivity index is 1.49. The number of hydrogen-bond acceptors (Lipinski definition) is 3. The number of ether oxygens (including phenoxy) is 1. The van der Waals surface area contributed by atoms with E-state index in [0.29, 0.717) is 22.4 Å². The number of alkyl halides is 3. The maximum Gasteiger partial charge on any atom is 0.471 e. The largest absolute Gasteiger partial charge is 0.484 e. The number of nitrogens with zero attached hydrogens (tertiary/aromatic N) is 2. The zero-order valence-corrected chi connectivity index (χ0v) is 19.5. The normalized spacial score (nSPS) is 13.4. The zero-order valence-electron chi connectivity index (χ0n) is 19.5. The highest BCUT2D eigenvalue weighted by Crippen LogP contribution is 2.31. The SMILES string of the molecule is CC(NC(=O)C(F)(F)F)C(Oc1ccc2c(cnn2-c2ccc(F)cc2)c1)c1ccc2ccccc2c1. The Labute approximate surface area is 209 Å². The summed E-state index contributed by atoms with van der Waals surface area (Å²) in [6.07, 6.45) is -4.32. The van der Waals surface area contributed by atoms with Gasteiger partial charge in [-0.15, -0.1) is 0 Å². The lowest BCUT2D eigenvalue weighted by Crippen LogP contribution is -2.45. The van der Waals surface area contributed by atoms with E-state index in [1.807, 2.05) is 41.7 Å². The van der Waals surface area contributed by atoms with E-state index in [9.17, 15) is 22.4 Å². The minimum Gasteiger partial charge on any atom is -0.484 e. The molecule has 4 aromatic carbocycles. The minimum atomic E-state index is -5.02. The second-order valence-corrected chi connectivity index (χ2v) is 8.66. The van der Waals surface area contributed by atoms with Crippen LogP contribution in [0.4, 0.5) is 17.6 Å². The van der Waals surface area contributed by atoms with E-state index in [1.165, 1.54) is 19.1 Å². The molecule has 9 heteroatoms. The second-order valence-electron chi connectivity index (χ2n) is 8.66. The summed E-state index contributed by atoms with van der Waals surface area (Å²) in [6, 6.07) is 23.1. The van der Waals surface area contributed by atoms with Gasteiger partial charge in [-0.25, -0.2) is 9.07 Å². The number of fused-ring (bicyclic) bond motifs is 2. The van der Waals surface area contributed by atoms with E-state index in [0.717, 1.165) is 16.3 Å². The van der Waals surface area contributed by atoms with Crippen LogP contribution in [-0.2, 0) is 4.79 Å². The van der Waals surface area contributed by atoms with E-state index in [1.54, 1.807) is 47.3 Å². The van der Waals surface area contributed by atoms with Crippen LogP contribution in [0, 0.1) is 5.82 Å². The number of carbonyl (C=O) groups excluding carboxylic acids is 1. The summed E-state index contributed by atoms with van der Waals surface area (Å²) in [5.41, 5.74) is 2.01. The van der Waals surface area contributed by atoms with Gasteiger partial charge in [0.2, 0.25) is 0 Å². The molecule has 188 valence electrons. The molecule has 0 saturated carbocycles. The Morgan fingerprint density at radius 2 is 1.65 bits per heavy atom. The zero-order chi connectivity index (χ0) is 26.2. The van der Waals surface area contributed by atoms with Crippen LogP contribution < -0.4 is 10.1 Å². The van der Waals surface area contributed by atoms with Gasteiger partial charge in [0, 0.05) is 5.39 Å². The first-order valence-corrected chi connectivity index (χ1v) is 11.5. The van der Waals surface area contributed by atoms with Crippen LogP contribution in [0.15, 0.2) is 91.1 Å². The van der Waals surface area contributed by atoms with Gasteiger partial charge in [-0.1, -0.05) is 36.4 Å². The average molecular weight is 507 g/mol. The molecule has 0 bridgehead atoms. The summed E-state index contributed by atoms with van der Waals surface area (Å²) in [5, 5.41) is 8.95. The lowest BCUT2D eigenvalue weighted by molar-refractivity contribution is -0.174. The van der Waals surface area contributed by atoms with E-state index >= 15 is 0 Å². The molecular weight excluding hydrogens is 486 g/mol. The Morgan fingerprint density at radius 3 is 2.38 bits per heavy atom. The highest BCUT2D eigenvalue weighted by molar-refractivity contribution is 5.84. The van der Waals surface area contributed by atoms with Crippen molar-refractivity contribution in [2.75, 3.05) is 0 Å². The van der Waals surface area contributed by atoms with E-state index in [4.69, 9.17) is 4.74 Å². The van der Waals surface area contributed by atoms with Crippen molar-refractivity contribution >= 4 is 27.6 Å². The van der Waals surface area contributed by atoms with Gasteiger partial charge < -0.3 is 10.1 Å². The fourth-order valence-corrected chi connectivity index (χ4v) is 4.23. The molecule has 2 unspecified atom stereocenters. The monoisotopic (exact) mass is 507 g/mol. The van der Waals surface area contributed by atoms with E-state index in [-0.39, 0.29) is 5.82 Å². The van der Waals surface area contributed by atoms with Crippen molar-refractivity contribution in [1.29, 1.82) is 0 Å². The maximum absolute atomic E-state index is 13.3. The molecule has 0 aliphatic carbocycles. The van der Waals surface area contributed by atoms with Crippen molar-refractivity contribution < 1.29 is 27.1 Å². The van der Waals surface area contributed by atoms with Crippen molar-refractivity contribution in [3.8, 4) is 11.4 Å². The Kier molecular flexibility index (Phi) is 6.29. The molecule has 1 amide bonds. The standard InChI is InChI=1S/C28H21F4N3O2/c1-17(34-27(36)28(30,31)32)26(20-7-6-18-4-2-3-5-19(18)14-20)37-24-12-13-25-21(15-24)16-33-35(25)23-10-8-22(29)9-11-23/h2-17,26H,1H3,(H,34,36). The van der Waals surface area contributed by atoms with Gasteiger partial charge in [-0.2, -0.15) is 18.3 Å². The van der Waals surface area contributed by atoms with Crippen molar-refractivity contribution in [3.05, 3.63) is 103 Å². The smallest absolute Gasteiger partial charge is 0.471 e. The van der Waals surface area contributed by atoms with Crippen LogP contribution >= 0.6 is 0 Å². The van der Waals surface area contributed by atoms with E-state index < -0.39 is 24.2 Å². The summed E-state index contributed by atoms with van der Waals surface area (Å²) >= 11 is 0. The van der Waals surface area contributed by atoms with Crippen LogP contribution in [0.25, 0.3) is 27.4 Å². The predicted molar refractivity (Wildman–Crippen MR) is 132 cm³/mol. The summed E-state index contributed by atoms with van der Waals surface area (Å²) in [5.74, 6) is -2.01. The quantitative estimate of drug-likeness (QED) is 0.267. The lowest BCUT2D eigenvalue weighted by atomic mass is 9.99. The molecule has 0 aliphatic heterocycles. The second kappa shape index (κ2) is 9.57. The first kappa shape index (κ1) is 24.3. The van der Waals surface area contributed by atoms with Gasteiger partial charge >= 0.3 is 12.1 Å². The number of rotatable bonds is 6. The summed E-state index contributed by atoms with van der Waals surface area (Å²) in [7, 11) is 0. The molecule has 1 aromatic heterocycles. The fraction of sp³-hybridized carbons (Fsp3) is 0.143. The number of benzene rings is 4. The van der Waals surface area contributed by atoms with Crippen LogP contribution in [0.1, 0.15) is 18.6 Å². The van der Waals surface area contributed by atoms with Crippen LogP contribution in [0.5, 0.6) is 5.75 Å². The molecule has 5 aromatic rings. The Bertz CT molecular complexity index is 1580. The third-order valence-corrected chi connectivity index (χ3v) is 6.05. The Hall–Kier alpha value is -4.40. The van der Waals surface area contributed by atoms with Crippen LogP contribution in [0.3, 0.4) is 0 Å². The van der Waals surface area contributed by atoms with Gasteiger partial charge in [0.15, 0.2) is 0 Å². The average Bonchev–Trinajstić information content (AvgIpc) is 3.30. The van der Waals surface area contributed by atoms with Gasteiger partial charge in [0.1, 0.15) is 17.7 Å². The molecule has 0 saturated heterocycles. The number of carbonyl (C=O) groups is 1. The topological polar surface area (TPSA) is 56.1 Å². The molecule has 1 N–H and O–H groups in total. The van der Waals surface area contributed by atoms with E-state index in [2.05, 4.69) is 5.10 Å². The molecule has 5 nitrogen and oxygen atoms in total. The molecule has 0 spiro atoms. The number of halogens is 4. The van der Waals surface area contributed by atoms with Crippen LogP contribution in [-0.4, -0.2) is 27.9 Å². The molecule has 37 heavy (non-hydrogen) atoms. The van der Waals surface area contributed by atoms with Gasteiger partial charge in [0.05, 0.1) is 23.4 Å². The summed E-state index contributed by atoms with van der Waals surface area (Å²) in [6.45, 7) is 1.47. The highest BCUT2D eigenvalue weighted by Gasteiger charge is 2.40. The van der Waals surface area contributed by atoms with Gasteiger partial charge in [0.25, 0.3) is 0 Å². The molecule has 0 radical (unpaired) electrons. The summed E-state index contributed by atoms with van der Waals surface area (Å²) < 4.78 is 60.1. The molecule has 5 rings (SSSR count). The fourth-order valence-electron chi connectivity index (χ4n) is 4.23. The number of amides is 1. The van der Waals surface area contributed by atoms with Crippen molar-refractivity contribution in [2.24, 2.45) is 0 Å². The molecular formula is C28H21F4N3O2. The molecule has 1 heterocycles.